The fraction of sp³-hybridized carbons (Fsp3) is 0.276. The molecule has 3 atom stereocenters. The van der Waals surface area contributed by atoms with Crippen molar-refractivity contribution in [3.63, 3.8) is 0 Å². The highest BCUT2D eigenvalue weighted by Gasteiger charge is 2.49. The molecule has 2 amide bonds. The highest BCUT2D eigenvalue weighted by Crippen LogP contribution is 2.24. The predicted molar refractivity (Wildman–Crippen MR) is 137 cm³/mol. The third kappa shape index (κ3) is 6.58. The molecule has 36 heavy (non-hydrogen) atoms. The molecule has 3 N–H and O–H groups in total. The summed E-state index contributed by atoms with van der Waals surface area (Å²) in [5, 5.41) is 8.73. The maximum atomic E-state index is 13.4. The van der Waals surface area contributed by atoms with Gasteiger partial charge in [-0.25, -0.2) is 0 Å². The Kier molecular flexibility index (Phi) is 8.47. The molecule has 7 nitrogen and oxygen atoms in total. The zero-order chi connectivity index (χ0) is 25.3. The monoisotopic (exact) mass is 485 g/mol. The maximum absolute atomic E-state index is 13.4. The summed E-state index contributed by atoms with van der Waals surface area (Å²) < 4.78 is 4.98. The largest absolute Gasteiger partial charge is 0.465 e. The SMILES string of the molecule is CCOC(=O)[C@H]1N[C@@H]1C(=O)N[C@@H](Cc1ccccc1)C(=O)NCC(c1ccccc1)c1ccccc1. The molecule has 0 radical (unpaired) electrons. The van der Waals surface area contributed by atoms with Gasteiger partial charge in [0, 0.05) is 18.9 Å². The van der Waals surface area contributed by atoms with E-state index in [1.165, 1.54) is 0 Å². The van der Waals surface area contributed by atoms with Gasteiger partial charge in [-0.15, -0.1) is 0 Å². The van der Waals surface area contributed by atoms with Gasteiger partial charge in [-0.3, -0.25) is 19.7 Å². The van der Waals surface area contributed by atoms with Crippen LogP contribution in [0.1, 0.15) is 29.5 Å². The zero-order valence-electron chi connectivity index (χ0n) is 20.2. The van der Waals surface area contributed by atoms with Crippen molar-refractivity contribution >= 4 is 17.8 Å². The Balaban J connectivity index is 1.46. The Hall–Kier alpha value is -3.97. The van der Waals surface area contributed by atoms with Crippen LogP contribution in [0.3, 0.4) is 0 Å². The highest BCUT2D eigenvalue weighted by molar-refractivity contribution is 5.97. The van der Waals surface area contributed by atoms with Crippen LogP contribution in [0.5, 0.6) is 0 Å². The summed E-state index contributed by atoms with van der Waals surface area (Å²) >= 11 is 0. The number of benzene rings is 3. The van der Waals surface area contributed by atoms with E-state index in [-0.39, 0.29) is 18.4 Å². The molecule has 1 aliphatic heterocycles. The molecule has 3 aromatic carbocycles. The summed E-state index contributed by atoms with van der Waals surface area (Å²) in [6.07, 6.45) is 0.330. The Morgan fingerprint density at radius 3 is 1.94 bits per heavy atom. The maximum Gasteiger partial charge on any atom is 0.325 e. The van der Waals surface area contributed by atoms with Crippen molar-refractivity contribution < 1.29 is 19.1 Å². The molecule has 1 heterocycles. The molecule has 0 unspecified atom stereocenters. The lowest BCUT2D eigenvalue weighted by Crippen LogP contribution is -2.50. The summed E-state index contributed by atoms with van der Waals surface area (Å²) in [4.78, 5) is 38.2. The third-order valence-electron chi connectivity index (χ3n) is 6.21. The van der Waals surface area contributed by atoms with Gasteiger partial charge in [0.2, 0.25) is 11.8 Å². The van der Waals surface area contributed by atoms with Gasteiger partial charge >= 0.3 is 5.97 Å². The van der Waals surface area contributed by atoms with Crippen molar-refractivity contribution in [2.24, 2.45) is 0 Å². The Morgan fingerprint density at radius 1 is 0.833 bits per heavy atom. The van der Waals surface area contributed by atoms with Crippen LogP contribution in [0.2, 0.25) is 0 Å². The number of ether oxygens (including phenoxy) is 1. The van der Waals surface area contributed by atoms with Gasteiger partial charge in [-0.1, -0.05) is 91.0 Å². The van der Waals surface area contributed by atoms with Crippen molar-refractivity contribution in [2.75, 3.05) is 13.2 Å². The minimum atomic E-state index is -0.794. The molecule has 1 saturated heterocycles. The van der Waals surface area contributed by atoms with Crippen molar-refractivity contribution in [1.29, 1.82) is 0 Å². The number of nitrogens with one attached hydrogen (secondary N) is 3. The lowest BCUT2D eigenvalue weighted by Gasteiger charge is -2.22. The average Bonchev–Trinajstić information content (AvgIpc) is 3.72. The van der Waals surface area contributed by atoms with Crippen LogP contribution in [0.25, 0.3) is 0 Å². The van der Waals surface area contributed by atoms with Gasteiger partial charge in [0.15, 0.2) is 0 Å². The summed E-state index contributed by atoms with van der Waals surface area (Å²) in [7, 11) is 0. The van der Waals surface area contributed by atoms with Crippen LogP contribution in [0.15, 0.2) is 91.0 Å². The van der Waals surface area contributed by atoms with E-state index < -0.39 is 30.0 Å². The molecular formula is C29H31N3O4. The molecule has 0 bridgehead atoms. The average molecular weight is 486 g/mol. The second kappa shape index (κ2) is 12.1. The standard InChI is InChI=1S/C29H31N3O4/c1-2-36-29(35)26-25(32-26)28(34)31-24(18-20-12-6-3-7-13-20)27(33)30-19-23(21-14-8-4-9-15-21)22-16-10-5-11-17-22/h3-17,23-26,32H,2,18-19H2,1H3,(H,30,33)(H,31,34)/t24-,25-,26-/m0/s1. The zero-order valence-corrected chi connectivity index (χ0v) is 20.2. The third-order valence-corrected chi connectivity index (χ3v) is 6.21. The first-order valence-corrected chi connectivity index (χ1v) is 12.2. The Labute approximate surface area is 211 Å². The van der Waals surface area contributed by atoms with Crippen LogP contribution >= 0.6 is 0 Å². The van der Waals surface area contributed by atoms with E-state index >= 15 is 0 Å². The van der Waals surface area contributed by atoms with Crippen LogP contribution in [0.4, 0.5) is 0 Å². The van der Waals surface area contributed by atoms with E-state index in [1.54, 1.807) is 6.92 Å². The normalized spacial score (nSPS) is 17.2. The molecule has 0 aliphatic carbocycles. The number of hydrogen-bond acceptors (Lipinski definition) is 5. The molecule has 1 aliphatic rings. The molecule has 4 rings (SSSR count). The lowest BCUT2D eigenvalue weighted by atomic mass is 9.91. The highest BCUT2D eigenvalue weighted by atomic mass is 16.5. The molecule has 186 valence electrons. The van der Waals surface area contributed by atoms with Crippen LogP contribution in [-0.2, 0) is 25.5 Å². The van der Waals surface area contributed by atoms with Gasteiger partial charge in [0.25, 0.3) is 0 Å². The number of carbonyl (C=O) groups is 3. The predicted octanol–water partition coefficient (Wildman–Crippen LogP) is 2.57. The van der Waals surface area contributed by atoms with Crippen LogP contribution in [-0.4, -0.2) is 49.1 Å². The number of rotatable bonds is 11. The number of esters is 1. The van der Waals surface area contributed by atoms with Crippen LogP contribution < -0.4 is 16.0 Å². The minimum Gasteiger partial charge on any atom is -0.465 e. The van der Waals surface area contributed by atoms with Crippen molar-refractivity contribution in [3.8, 4) is 0 Å². The van der Waals surface area contributed by atoms with Crippen molar-refractivity contribution in [3.05, 3.63) is 108 Å². The molecule has 1 fully saturated rings. The second-order valence-electron chi connectivity index (χ2n) is 8.74. The van der Waals surface area contributed by atoms with Crippen LogP contribution in [0, 0.1) is 0 Å². The fourth-order valence-corrected chi connectivity index (χ4v) is 4.25. The fourth-order valence-electron chi connectivity index (χ4n) is 4.25. The van der Waals surface area contributed by atoms with Gasteiger partial charge in [0.1, 0.15) is 18.1 Å². The van der Waals surface area contributed by atoms with E-state index in [2.05, 4.69) is 16.0 Å². The van der Waals surface area contributed by atoms with Gasteiger partial charge < -0.3 is 15.4 Å². The second-order valence-corrected chi connectivity index (χ2v) is 8.74. The summed E-state index contributed by atoms with van der Waals surface area (Å²) in [6.45, 7) is 2.34. The van der Waals surface area contributed by atoms with Gasteiger partial charge in [-0.2, -0.15) is 0 Å². The first-order valence-electron chi connectivity index (χ1n) is 12.2. The summed E-state index contributed by atoms with van der Waals surface area (Å²) in [5.41, 5.74) is 3.10. The Morgan fingerprint density at radius 2 is 1.39 bits per heavy atom. The number of carbonyl (C=O) groups excluding carboxylic acids is 3. The van der Waals surface area contributed by atoms with E-state index in [0.717, 1.165) is 16.7 Å². The van der Waals surface area contributed by atoms with Gasteiger partial charge in [-0.05, 0) is 23.6 Å². The first kappa shape index (κ1) is 25.1. The summed E-state index contributed by atoms with van der Waals surface area (Å²) in [6, 6.07) is 27.4. The van der Waals surface area contributed by atoms with Crippen molar-refractivity contribution in [2.45, 2.75) is 37.4 Å². The van der Waals surface area contributed by atoms with E-state index in [9.17, 15) is 14.4 Å². The number of amides is 2. The topological polar surface area (TPSA) is 106 Å². The minimum absolute atomic E-state index is 0.0391. The first-order chi connectivity index (χ1) is 17.6. The molecule has 0 saturated carbocycles. The quantitative estimate of drug-likeness (QED) is 0.286. The smallest absolute Gasteiger partial charge is 0.325 e. The number of hydrogen-bond donors (Lipinski definition) is 3. The molecule has 3 aromatic rings. The Bertz CT molecular complexity index is 1120. The van der Waals surface area contributed by atoms with E-state index in [0.29, 0.717) is 13.0 Å². The van der Waals surface area contributed by atoms with E-state index in [1.807, 2.05) is 91.0 Å². The van der Waals surface area contributed by atoms with Crippen molar-refractivity contribution in [1.82, 2.24) is 16.0 Å². The molecule has 0 aromatic heterocycles. The molecule has 7 heteroatoms. The van der Waals surface area contributed by atoms with E-state index in [4.69, 9.17) is 4.74 Å². The lowest BCUT2D eigenvalue weighted by molar-refractivity contribution is -0.143. The molecular weight excluding hydrogens is 454 g/mol. The summed E-state index contributed by atoms with van der Waals surface area (Å²) in [5.74, 6) is -1.18. The van der Waals surface area contributed by atoms with Gasteiger partial charge in [0.05, 0.1) is 6.61 Å². The molecule has 0 spiro atoms.